The molecule has 88 valence electrons. The molecular formula is C12H24N2O. The quantitative estimate of drug-likeness (QED) is 0.744. The Balaban J connectivity index is 2.54. The molecule has 0 aromatic heterocycles. The highest BCUT2D eigenvalue weighted by molar-refractivity contribution is 5.82. The van der Waals surface area contributed by atoms with Crippen molar-refractivity contribution in [2.75, 3.05) is 6.54 Å². The summed E-state index contributed by atoms with van der Waals surface area (Å²) in [5.41, 5.74) is 5.28. The van der Waals surface area contributed by atoms with Crippen LogP contribution in [0.4, 0.5) is 0 Å². The summed E-state index contributed by atoms with van der Waals surface area (Å²) in [4.78, 5) is 12.0. The molecule has 0 bridgehead atoms. The largest absolute Gasteiger partial charge is 0.353 e. The number of nitrogens with one attached hydrogen (secondary N) is 1. The first-order chi connectivity index (χ1) is 7.03. The first-order valence-corrected chi connectivity index (χ1v) is 6.04. The number of hydrogen-bond acceptors (Lipinski definition) is 2. The van der Waals surface area contributed by atoms with Crippen LogP contribution in [0.1, 0.15) is 46.5 Å². The molecule has 1 aliphatic carbocycles. The fourth-order valence-electron chi connectivity index (χ4n) is 2.10. The molecule has 0 heterocycles. The number of carbonyl (C=O) groups excluding carboxylic acids is 1. The van der Waals surface area contributed by atoms with Gasteiger partial charge in [-0.05, 0) is 32.1 Å². The zero-order valence-corrected chi connectivity index (χ0v) is 10.2. The van der Waals surface area contributed by atoms with Crippen molar-refractivity contribution in [3.8, 4) is 0 Å². The highest BCUT2D eigenvalue weighted by Crippen LogP contribution is 2.27. The molecule has 0 aliphatic heterocycles. The first-order valence-electron chi connectivity index (χ1n) is 6.04. The van der Waals surface area contributed by atoms with Gasteiger partial charge in [0.1, 0.15) is 0 Å². The first kappa shape index (κ1) is 12.5. The number of carbonyl (C=O) groups is 1. The van der Waals surface area contributed by atoms with Gasteiger partial charge in [0.15, 0.2) is 0 Å². The maximum Gasteiger partial charge on any atom is 0.227 e. The van der Waals surface area contributed by atoms with E-state index in [2.05, 4.69) is 12.2 Å². The van der Waals surface area contributed by atoms with E-state index in [9.17, 15) is 4.79 Å². The molecule has 1 aliphatic rings. The smallest absolute Gasteiger partial charge is 0.227 e. The highest BCUT2D eigenvalue weighted by Gasteiger charge is 2.33. The van der Waals surface area contributed by atoms with Gasteiger partial charge in [0, 0.05) is 12.6 Å². The molecule has 0 saturated heterocycles. The predicted octanol–water partition coefficient (Wildman–Crippen LogP) is 1.67. The Morgan fingerprint density at radius 3 is 2.60 bits per heavy atom. The van der Waals surface area contributed by atoms with E-state index in [-0.39, 0.29) is 11.3 Å². The lowest BCUT2D eigenvalue weighted by atomic mass is 9.86. The Kier molecular flexibility index (Phi) is 4.14. The summed E-state index contributed by atoms with van der Waals surface area (Å²) < 4.78 is 0. The zero-order chi connectivity index (χ0) is 11.5. The SMILES string of the molecule is CCC(C)(CN)C(=O)NC1CCCC1C. The van der Waals surface area contributed by atoms with E-state index >= 15 is 0 Å². The van der Waals surface area contributed by atoms with Crippen molar-refractivity contribution in [3.63, 3.8) is 0 Å². The van der Waals surface area contributed by atoms with Crippen LogP contribution in [0.25, 0.3) is 0 Å². The van der Waals surface area contributed by atoms with Crippen LogP contribution in [0, 0.1) is 11.3 Å². The molecule has 3 atom stereocenters. The molecule has 0 aromatic rings. The van der Waals surface area contributed by atoms with Crippen molar-refractivity contribution in [3.05, 3.63) is 0 Å². The molecule has 1 fully saturated rings. The third-order valence-electron chi connectivity index (χ3n) is 3.96. The van der Waals surface area contributed by atoms with E-state index in [1.165, 1.54) is 12.8 Å². The monoisotopic (exact) mass is 212 g/mol. The van der Waals surface area contributed by atoms with E-state index in [1.54, 1.807) is 0 Å². The zero-order valence-electron chi connectivity index (χ0n) is 10.2. The van der Waals surface area contributed by atoms with Crippen molar-refractivity contribution >= 4 is 5.91 Å². The summed E-state index contributed by atoms with van der Waals surface area (Å²) >= 11 is 0. The van der Waals surface area contributed by atoms with Crippen molar-refractivity contribution in [2.45, 2.75) is 52.5 Å². The summed E-state index contributed by atoms with van der Waals surface area (Å²) in [5.74, 6) is 0.749. The third kappa shape index (κ3) is 2.71. The van der Waals surface area contributed by atoms with Gasteiger partial charge in [-0.2, -0.15) is 0 Å². The Bertz CT molecular complexity index is 224. The minimum absolute atomic E-state index is 0.131. The second-order valence-corrected chi connectivity index (χ2v) is 5.11. The van der Waals surface area contributed by atoms with Crippen molar-refractivity contribution < 1.29 is 4.79 Å². The van der Waals surface area contributed by atoms with Gasteiger partial charge in [-0.25, -0.2) is 0 Å². The van der Waals surface area contributed by atoms with Crippen LogP contribution in [-0.4, -0.2) is 18.5 Å². The molecule has 3 unspecified atom stereocenters. The fourth-order valence-corrected chi connectivity index (χ4v) is 2.10. The van der Waals surface area contributed by atoms with Gasteiger partial charge >= 0.3 is 0 Å². The summed E-state index contributed by atoms with van der Waals surface area (Å²) in [7, 11) is 0. The summed E-state index contributed by atoms with van der Waals surface area (Å²) in [6, 6.07) is 0.370. The van der Waals surface area contributed by atoms with Gasteiger partial charge in [-0.3, -0.25) is 4.79 Å². The Morgan fingerprint density at radius 1 is 1.53 bits per heavy atom. The van der Waals surface area contributed by atoms with E-state index in [4.69, 9.17) is 5.73 Å². The molecule has 1 saturated carbocycles. The van der Waals surface area contributed by atoms with E-state index in [0.29, 0.717) is 18.5 Å². The van der Waals surface area contributed by atoms with Crippen LogP contribution in [0.3, 0.4) is 0 Å². The number of rotatable bonds is 4. The van der Waals surface area contributed by atoms with Crippen LogP contribution in [0.15, 0.2) is 0 Å². The molecular weight excluding hydrogens is 188 g/mol. The van der Waals surface area contributed by atoms with E-state index in [1.807, 2.05) is 13.8 Å². The van der Waals surface area contributed by atoms with Gasteiger partial charge in [0.05, 0.1) is 5.41 Å². The lowest BCUT2D eigenvalue weighted by Gasteiger charge is -2.28. The van der Waals surface area contributed by atoms with Gasteiger partial charge in [-0.15, -0.1) is 0 Å². The highest BCUT2D eigenvalue weighted by atomic mass is 16.2. The van der Waals surface area contributed by atoms with Crippen LogP contribution in [-0.2, 0) is 4.79 Å². The minimum Gasteiger partial charge on any atom is -0.353 e. The normalized spacial score (nSPS) is 29.9. The number of nitrogens with two attached hydrogens (primary N) is 1. The second kappa shape index (κ2) is 4.97. The van der Waals surface area contributed by atoms with E-state index < -0.39 is 0 Å². The lowest BCUT2D eigenvalue weighted by molar-refractivity contribution is -0.130. The molecule has 0 aromatic carbocycles. The topological polar surface area (TPSA) is 55.1 Å². The van der Waals surface area contributed by atoms with E-state index in [0.717, 1.165) is 12.8 Å². The van der Waals surface area contributed by atoms with Crippen LogP contribution in [0.2, 0.25) is 0 Å². The minimum atomic E-state index is -0.387. The average Bonchev–Trinajstić information content (AvgIpc) is 2.63. The molecule has 3 N–H and O–H groups in total. The Morgan fingerprint density at radius 2 is 2.20 bits per heavy atom. The summed E-state index contributed by atoms with van der Waals surface area (Å²) in [6.07, 6.45) is 4.39. The molecule has 3 nitrogen and oxygen atoms in total. The fraction of sp³-hybridized carbons (Fsp3) is 0.917. The van der Waals surface area contributed by atoms with Gasteiger partial charge in [-0.1, -0.05) is 20.3 Å². The molecule has 1 rings (SSSR count). The van der Waals surface area contributed by atoms with Crippen LogP contribution in [0.5, 0.6) is 0 Å². The molecule has 0 radical (unpaired) electrons. The standard InChI is InChI=1S/C12H24N2O/c1-4-12(3,8-13)11(15)14-10-7-5-6-9(10)2/h9-10H,4-8,13H2,1-3H3,(H,14,15). The number of hydrogen-bond donors (Lipinski definition) is 2. The predicted molar refractivity (Wildman–Crippen MR) is 62.4 cm³/mol. The molecule has 15 heavy (non-hydrogen) atoms. The lowest BCUT2D eigenvalue weighted by Crippen LogP contribution is -2.48. The van der Waals surface area contributed by atoms with Gasteiger partial charge < -0.3 is 11.1 Å². The summed E-state index contributed by atoms with van der Waals surface area (Å²) in [5, 5.41) is 3.15. The van der Waals surface area contributed by atoms with Crippen molar-refractivity contribution in [2.24, 2.45) is 17.1 Å². The Labute approximate surface area is 92.8 Å². The average molecular weight is 212 g/mol. The second-order valence-electron chi connectivity index (χ2n) is 5.11. The maximum atomic E-state index is 12.0. The van der Waals surface area contributed by atoms with Crippen LogP contribution < -0.4 is 11.1 Å². The third-order valence-corrected chi connectivity index (χ3v) is 3.96. The van der Waals surface area contributed by atoms with Crippen LogP contribution >= 0.6 is 0 Å². The Hall–Kier alpha value is -0.570. The molecule has 3 heteroatoms. The van der Waals surface area contributed by atoms with Crippen molar-refractivity contribution in [1.82, 2.24) is 5.32 Å². The maximum absolute atomic E-state index is 12.0. The van der Waals surface area contributed by atoms with Gasteiger partial charge in [0.25, 0.3) is 0 Å². The molecule has 0 spiro atoms. The number of amides is 1. The van der Waals surface area contributed by atoms with Gasteiger partial charge in [0.2, 0.25) is 5.91 Å². The summed E-state index contributed by atoms with van der Waals surface area (Å²) in [6.45, 7) is 6.60. The van der Waals surface area contributed by atoms with Crippen molar-refractivity contribution in [1.29, 1.82) is 0 Å². The molecule has 1 amide bonds.